The van der Waals surface area contributed by atoms with Gasteiger partial charge in [0.2, 0.25) is 0 Å². The second kappa shape index (κ2) is 5.55. The van der Waals surface area contributed by atoms with Crippen molar-refractivity contribution in [2.24, 2.45) is 5.92 Å². The Labute approximate surface area is 129 Å². The first-order valence-corrected chi connectivity index (χ1v) is 7.38. The van der Waals surface area contributed by atoms with Crippen molar-refractivity contribution in [1.82, 2.24) is 4.90 Å². The van der Waals surface area contributed by atoms with Gasteiger partial charge >= 0.3 is 5.97 Å². The van der Waals surface area contributed by atoms with Gasteiger partial charge in [-0.25, -0.2) is 0 Å². The molecule has 3 nitrogen and oxygen atoms in total. The van der Waals surface area contributed by atoms with Gasteiger partial charge in [0.1, 0.15) is 0 Å². The minimum absolute atomic E-state index is 0.0430. The first-order valence-electron chi connectivity index (χ1n) is 6.63. The fourth-order valence-electron chi connectivity index (χ4n) is 2.68. The molecule has 110 valence electrons. The molecule has 2 atom stereocenters. The summed E-state index contributed by atoms with van der Waals surface area (Å²) in [6, 6.07) is 5.40. The Morgan fingerprint density at radius 2 is 1.90 bits per heavy atom. The molecule has 1 N–H and O–H groups in total. The SMILES string of the molecule is CC(C)(C)N1C[C@H](C(=O)O)[C@@H](c2ccc(Cl)c(Cl)c2)C1. The number of likely N-dealkylation sites (tertiary alicyclic amines) is 1. The van der Waals surface area contributed by atoms with Crippen molar-refractivity contribution in [3.63, 3.8) is 0 Å². The maximum Gasteiger partial charge on any atom is 0.308 e. The van der Waals surface area contributed by atoms with Crippen LogP contribution in [0.15, 0.2) is 18.2 Å². The van der Waals surface area contributed by atoms with Crippen LogP contribution in [0.4, 0.5) is 0 Å². The van der Waals surface area contributed by atoms with Crippen LogP contribution >= 0.6 is 23.2 Å². The number of hydrogen-bond donors (Lipinski definition) is 1. The molecule has 2 rings (SSSR count). The molecule has 20 heavy (non-hydrogen) atoms. The van der Waals surface area contributed by atoms with E-state index in [2.05, 4.69) is 25.7 Å². The van der Waals surface area contributed by atoms with E-state index in [1.807, 2.05) is 6.07 Å². The van der Waals surface area contributed by atoms with Crippen LogP contribution in [0.3, 0.4) is 0 Å². The average Bonchev–Trinajstić information content (AvgIpc) is 2.77. The van der Waals surface area contributed by atoms with E-state index in [9.17, 15) is 9.90 Å². The van der Waals surface area contributed by atoms with Crippen LogP contribution in [-0.4, -0.2) is 34.6 Å². The number of carboxylic acid groups (broad SMARTS) is 1. The van der Waals surface area contributed by atoms with Gasteiger partial charge in [-0.1, -0.05) is 29.3 Å². The molecule has 1 saturated heterocycles. The molecule has 5 heteroatoms. The lowest BCUT2D eigenvalue weighted by Crippen LogP contribution is -2.40. The summed E-state index contributed by atoms with van der Waals surface area (Å²) in [5, 5.41) is 10.4. The van der Waals surface area contributed by atoms with Gasteiger partial charge in [-0.3, -0.25) is 9.69 Å². The second-order valence-electron chi connectivity index (χ2n) is 6.30. The Hall–Kier alpha value is -0.770. The molecule has 0 aromatic heterocycles. The number of aliphatic carboxylic acids is 1. The Morgan fingerprint density at radius 3 is 2.40 bits per heavy atom. The van der Waals surface area contributed by atoms with Crippen LogP contribution in [0.25, 0.3) is 0 Å². The third-order valence-electron chi connectivity index (χ3n) is 3.96. The number of rotatable bonds is 2. The fraction of sp³-hybridized carbons (Fsp3) is 0.533. The summed E-state index contributed by atoms with van der Waals surface area (Å²) in [4.78, 5) is 13.7. The smallest absolute Gasteiger partial charge is 0.308 e. The highest BCUT2D eigenvalue weighted by molar-refractivity contribution is 6.42. The third kappa shape index (κ3) is 3.11. The maximum atomic E-state index is 11.5. The molecule has 1 aromatic rings. The summed E-state index contributed by atoms with van der Waals surface area (Å²) >= 11 is 12.0. The van der Waals surface area contributed by atoms with Gasteiger partial charge in [0.05, 0.1) is 16.0 Å². The Balaban J connectivity index is 2.32. The molecule has 1 aliphatic rings. The molecule has 0 unspecified atom stereocenters. The molecule has 0 amide bonds. The van der Waals surface area contributed by atoms with Gasteiger partial charge in [-0.05, 0) is 38.5 Å². The number of carboxylic acids is 1. The van der Waals surface area contributed by atoms with Crippen LogP contribution in [0.2, 0.25) is 10.0 Å². The number of halogens is 2. The highest BCUT2D eigenvalue weighted by Gasteiger charge is 2.42. The van der Waals surface area contributed by atoms with E-state index in [0.29, 0.717) is 16.6 Å². The van der Waals surface area contributed by atoms with Crippen LogP contribution in [0.1, 0.15) is 32.3 Å². The standard InChI is InChI=1S/C15H19Cl2NO2/c1-15(2,3)18-7-10(11(8-18)14(19)20)9-4-5-12(16)13(17)6-9/h4-6,10-11H,7-8H2,1-3H3,(H,19,20)/t10-,11+/m1/s1. The van der Waals surface area contributed by atoms with Crippen molar-refractivity contribution in [3.05, 3.63) is 33.8 Å². The Morgan fingerprint density at radius 1 is 1.25 bits per heavy atom. The van der Waals surface area contributed by atoms with Crippen molar-refractivity contribution in [1.29, 1.82) is 0 Å². The lowest BCUT2D eigenvalue weighted by atomic mass is 9.89. The van der Waals surface area contributed by atoms with Gasteiger partial charge in [0.15, 0.2) is 0 Å². The molecule has 1 fully saturated rings. The van der Waals surface area contributed by atoms with E-state index in [1.54, 1.807) is 12.1 Å². The van der Waals surface area contributed by atoms with Gasteiger partial charge in [-0.2, -0.15) is 0 Å². The Bertz CT molecular complexity index is 525. The number of nitrogens with zero attached hydrogens (tertiary/aromatic N) is 1. The molecule has 0 radical (unpaired) electrons. The molecule has 1 aromatic carbocycles. The van der Waals surface area contributed by atoms with Crippen LogP contribution < -0.4 is 0 Å². The van der Waals surface area contributed by atoms with Crippen LogP contribution in [-0.2, 0) is 4.79 Å². The molecular weight excluding hydrogens is 297 g/mol. The Kier molecular flexibility index (Phi) is 4.33. The third-order valence-corrected chi connectivity index (χ3v) is 4.70. The summed E-state index contributed by atoms with van der Waals surface area (Å²) < 4.78 is 0. The zero-order chi connectivity index (χ0) is 15.1. The average molecular weight is 316 g/mol. The van der Waals surface area contributed by atoms with Crippen molar-refractivity contribution >= 4 is 29.2 Å². The largest absolute Gasteiger partial charge is 0.481 e. The highest BCUT2D eigenvalue weighted by Crippen LogP contribution is 2.38. The zero-order valence-corrected chi connectivity index (χ0v) is 13.4. The lowest BCUT2D eigenvalue weighted by Gasteiger charge is -2.31. The lowest BCUT2D eigenvalue weighted by molar-refractivity contribution is -0.141. The van der Waals surface area contributed by atoms with Crippen molar-refractivity contribution < 1.29 is 9.90 Å². The van der Waals surface area contributed by atoms with Gasteiger partial charge in [0.25, 0.3) is 0 Å². The molecule has 0 aliphatic carbocycles. The summed E-state index contributed by atoms with van der Waals surface area (Å²) in [6.45, 7) is 7.58. The molecule has 1 heterocycles. The molecular formula is C15H19Cl2NO2. The predicted octanol–water partition coefficient (Wildman–Crippen LogP) is 3.89. The predicted molar refractivity (Wildman–Crippen MR) is 81.7 cm³/mol. The monoisotopic (exact) mass is 315 g/mol. The normalized spacial score (nSPS) is 24.1. The molecule has 0 bridgehead atoms. The van der Waals surface area contributed by atoms with E-state index in [1.165, 1.54) is 0 Å². The highest BCUT2D eigenvalue weighted by atomic mass is 35.5. The van der Waals surface area contributed by atoms with Crippen molar-refractivity contribution in [3.8, 4) is 0 Å². The van der Waals surface area contributed by atoms with Gasteiger partial charge in [-0.15, -0.1) is 0 Å². The molecule has 0 saturated carbocycles. The molecule has 0 spiro atoms. The van der Waals surface area contributed by atoms with Gasteiger partial charge in [0, 0.05) is 24.5 Å². The van der Waals surface area contributed by atoms with Crippen molar-refractivity contribution in [2.75, 3.05) is 13.1 Å². The van der Waals surface area contributed by atoms with Crippen LogP contribution in [0, 0.1) is 5.92 Å². The van der Waals surface area contributed by atoms with E-state index in [-0.39, 0.29) is 11.5 Å². The number of hydrogen-bond acceptors (Lipinski definition) is 2. The van der Waals surface area contributed by atoms with E-state index in [4.69, 9.17) is 23.2 Å². The second-order valence-corrected chi connectivity index (χ2v) is 7.11. The maximum absolute atomic E-state index is 11.5. The number of carbonyl (C=O) groups is 1. The van der Waals surface area contributed by atoms with E-state index in [0.717, 1.165) is 12.1 Å². The summed E-state index contributed by atoms with van der Waals surface area (Å²) in [7, 11) is 0. The number of benzene rings is 1. The summed E-state index contributed by atoms with van der Waals surface area (Å²) in [5.74, 6) is -1.22. The quantitative estimate of drug-likeness (QED) is 0.900. The van der Waals surface area contributed by atoms with Gasteiger partial charge < -0.3 is 5.11 Å². The fourth-order valence-corrected chi connectivity index (χ4v) is 2.99. The van der Waals surface area contributed by atoms with Crippen LogP contribution in [0.5, 0.6) is 0 Å². The minimum Gasteiger partial charge on any atom is -0.481 e. The summed E-state index contributed by atoms with van der Waals surface area (Å²) in [6.07, 6.45) is 0. The minimum atomic E-state index is -0.757. The van der Waals surface area contributed by atoms with E-state index >= 15 is 0 Å². The topological polar surface area (TPSA) is 40.5 Å². The first-order chi connectivity index (χ1) is 9.20. The van der Waals surface area contributed by atoms with Crippen molar-refractivity contribution in [2.45, 2.75) is 32.2 Å². The first kappa shape index (κ1) is 15.6. The van der Waals surface area contributed by atoms with E-state index < -0.39 is 11.9 Å². The zero-order valence-electron chi connectivity index (χ0n) is 11.9. The molecule has 1 aliphatic heterocycles. The summed E-state index contributed by atoms with van der Waals surface area (Å²) in [5.41, 5.74) is 0.900.